The number of nitrogens with one attached hydrogen (secondary N) is 1. The van der Waals surface area contributed by atoms with Crippen molar-refractivity contribution in [1.29, 1.82) is 0 Å². The second-order valence-corrected chi connectivity index (χ2v) is 13.2. The number of carbonyl (C=O) groups excluding carboxylic acids is 2. The molecule has 0 bridgehead atoms. The van der Waals surface area contributed by atoms with Crippen LogP contribution >= 0.6 is 34.8 Å². The van der Waals surface area contributed by atoms with Gasteiger partial charge in [0.05, 0.1) is 34.1 Å². The molecule has 40 heavy (non-hydrogen) atoms. The van der Waals surface area contributed by atoms with Gasteiger partial charge in [0.1, 0.15) is 11.8 Å². The molecule has 220 valence electrons. The Morgan fingerprint density at radius 3 is 2.33 bits per heavy atom. The first-order chi connectivity index (χ1) is 18.9. The third kappa shape index (κ3) is 8.90. The summed E-state index contributed by atoms with van der Waals surface area (Å²) in [5.41, 5.74) is 1.10. The predicted molar refractivity (Wildman–Crippen MR) is 161 cm³/mol. The number of hydrogen-bond acceptors (Lipinski definition) is 5. The molecular weight excluding hydrogens is 597 g/mol. The normalized spacial score (nSPS) is 14.8. The Labute approximate surface area is 251 Å². The van der Waals surface area contributed by atoms with Gasteiger partial charge < -0.3 is 15.0 Å². The average molecular weight is 633 g/mol. The average Bonchev–Trinajstić information content (AvgIpc) is 2.91. The number of amides is 2. The SMILES string of the molecule is COc1ccc(N(CCCC(=O)N(Cc2ccc(Cl)c(Cl)c2)C(C)C(=O)NC2CCCCC2)S(C)(=O)=O)cc1Cl. The number of methoxy groups -OCH3 is 1. The van der Waals surface area contributed by atoms with Gasteiger partial charge in [-0.15, -0.1) is 0 Å². The highest BCUT2D eigenvalue weighted by Crippen LogP contribution is 2.30. The summed E-state index contributed by atoms with van der Waals surface area (Å²) >= 11 is 18.5. The number of anilines is 1. The van der Waals surface area contributed by atoms with Crippen LogP contribution in [-0.2, 0) is 26.2 Å². The van der Waals surface area contributed by atoms with Crippen LogP contribution in [0.4, 0.5) is 5.69 Å². The molecular formula is C28H36Cl3N3O5S. The highest BCUT2D eigenvalue weighted by atomic mass is 35.5. The molecule has 1 unspecified atom stereocenters. The van der Waals surface area contributed by atoms with Crippen LogP contribution in [0, 0.1) is 0 Å². The zero-order chi connectivity index (χ0) is 29.4. The van der Waals surface area contributed by atoms with Crippen molar-refractivity contribution in [2.75, 3.05) is 24.2 Å². The molecule has 0 heterocycles. The molecule has 2 amide bonds. The fourth-order valence-electron chi connectivity index (χ4n) is 4.80. The lowest BCUT2D eigenvalue weighted by atomic mass is 9.95. The lowest BCUT2D eigenvalue weighted by Gasteiger charge is -2.31. The number of hydrogen-bond donors (Lipinski definition) is 1. The molecule has 1 saturated carbocycles. The van der Waals surface area contributed by atoms with Crippen molar-refractivity contribution >= 4 is 62.3 Å². The van der Waals surface area contributed by atoms with Gasteiger partial charge in [0, 0.05) is 25.6 Å². The largest absolute Gasteiger partial charge is 0.495 e. The Bertz CT molecular complexity index is 1300. The maximum Gasteiger partial charge on any atom is 0.242 e. The molecule has 1 fully saturated rings. The van der Waals surface area contributed by atoms with Crippen LogP contribution in [0.1, 0.15) is 57.4 Å². The second kappa shape index (κ2) is 14.6. The van der Waals surface area contributed by atoms with Crippen molar-refractivity contribution in [3.63, 3.8) is 0 Å². The van der Waals surface area contributed by atoms with Crippen LogP contribution in [0.5, 0.6) is 5.75 Å². The number of sulfonamides is 1. The Kier molecular flexibility index (Phi) is 11.8. The number of nitrogens with zero attached hydrogens (tertiary/aromatic N) is 2. The molecule has 0 spiro atoms. The summed E-state index contributed by atoms with van der Waals surface area (Å²) in [5, 5.41) is 4.12. The molecule has 0 radical (unpaired) electrons. The molecule has 3 rings (SSSR count). The lowest BCUT2D eigenvalue weighted by molar-refractivity contribution is -0.141. The minimum absolute atomic E-state index is 0.0261. The molecule has 0 saturated heterocycles. The predicted octanol–water partition coefficient (Wildman–Crippen LogP) is 6.07. The van der Waals surface area contributed by atoms with Crippen LogP contribution < -0.4 is 14.4 Å². The van der Waals surface area contributed by atoms with Crippen LogP contribution in [0.15, 0.2) is 36.4 Å². The van der Waals surface area contributed by atoms with Crippen LogP contribution in [0.25, 0.3) is 0 Å². The highest BCUT2D eigenvalue weighted by molar-refractivity contribution is 7.92. The quantitative estimate of drug-likeness (QED) is 0.307. The Morgan fingerprint density at radius 1 is 1.02 bits per heavy atom. The van der Waals surface area contributed by atoms with Crippen molar-refractivity contribution in [2.24, 2.45) is 0 Å². The number of ether oxygens (including phenoxy) is 1. The zero-order valence-electron chi connectivity index (χ0n) is 23.0. The number of rotatable bonds is 12. The smallest absolute Gasteiger partial charge is 0.242 e. The summed E-state index contributed by atoms with van der Waals surface area (Å²) < 4.78 is 31.5. The summed E-state index contributed by atoms with van der Waals surface area (Å²) in [6.45, 7) is 1.91. The highest BCUT2D eigenvalue weighted by Gasteiger charge is 2.28. The van der Waals surface area contributed by atoms with E-state index in [0.717, 1.165) is 43.9 Å². The maximum atomic E-state index is 13.5. The van der Waals surface area contributed by atoms with Crippen LogP contribution in [-0.4, -0.2) is 57.1 Å². The van der Waals surface area contributed by atoms with Crippen molar-refractivity contribution in [3.05, 3.63) is 57.0 Å². The van der Waals surface area contributed by atoms with Gasteiger partial charge in [-0.2, -0.15) is 0 Å². The molecule has 1 atom stereocenters. The number of halogens is 3. The molecule has 2 aromatic rings. The molecule has 1 N–H and O–H groups in total. The van der Waals surface area contributed by atoms with Gasteiger partial charge in [0.2, 0.25) is 21.8 Å². The van der Waals surface area contributed by atoms with Gasteiger partial charge in [0.15, 0.2) is 0 Å². The van der Waals surface area contributed by atoms with E-state index in [0.29, 0.717) is 21.5 Å². The molecule has 12 heteroatoms. The van der Waals surface area contributed by atoms with Crippen molar-refractivity contribution in [1.82, 2.24) is 10.2 Å². The monoisotopic (exact) mass is 631 g/mol. The first-order valence-corrected chi connectivity index (χ1v) is 16.2. The van der Waals surface area contributed by atoms with Crippen LogP contribution in [0.2, 0.25) is 15.1 Å². The second-order valence-electron chi connectivity index (χ2n) is 10.0. The van der Waals surface area contributed by atoms with Gasteiger partial charge >= 0.3 is 0 Å². The Hall–Kier alpha value is -2.20. The molecule has 2 aromatic carbocycles. The summed E-state index contributed by atoms with van der Waals surface area (Å²) in [6, 6.07) is 9.15. The van der Waals surface area contributed by atoms with E-state index in [2.05, 4.69) is 5.32 Å². The first-order valence-electron chi connectivity index (χ1n) is 13.3. The first kappa shape index (κ1) is 32.3. The molecule has 1 aliphatic rings. The summed E-state index contributed by atoms with van der Waals surface area (Å²) in [6.07, 6.45) is 6.51. The van der Waals surface area contributed by atoms with E-state index in [9.17, 15) is 18.0 Å². The van der Waals surface area contributed by atoms with E-state index in [4.69, 9.17) is 39.5 Å². The van der Waals surface area contributed by atoms with E-state index in [1.54, 1.807) is 37.3 Å². The van der Waals surface area contributed by atoms with E-state index in [1.807, 2.05) is 0 Å². The van der Waals surface area contributed by atoms with Gasteiger partial charge in [-0.1, -0.05) is 60.1 Å². The van der Waals surface area contributed by atoms with Gasteiger partial charge in [-0.3, -0.25) is 13.9 Å². The van der Waals surface area contributed by atoms with E-state index < -0.39 is 16.1 Å². The minimum atomic E-state index is -3.66. The molecule has 0 aromatic heterocycles. The van der Waals surface area contributed by atoms with E-state index in [-0.39, 0.29) is 48.8 Å². The lowest BCUT2D eigenvalue weighted by Crippen LogP contribution is -2.50. The van der Waals surface area contributed by atoms with Gasteiger partial charge in [-0.25, -0.2) is 8.42 Å². The number of carbonyl (C=O) groups is 2. The van der Waals surface area contributed by atoms with Crippen LogP contribution in [0.3, 0.4) is 0 Å². The van der Waals surface area contributed by atoms with Crippen molar-refractivity contribution in [2.45, 2.75) is 70.5 Å². The molecule has 1 aliphatic carbocycles. The summed E-state index contributed by atoms with van der Waals surface area (Å²) in [5.74, 6) is -0.0722. The fourth-order valence-corrected chi connectivity index (χ4v) is 6.33. The van der Waals surface area contributed by atoms with Crippen molar-refractivity contribution in [3.8, 4) is 5.75 Å². The summed E-state index contributed by atoms with van der Waals surface area (Å²) in [4.78, 5) is 28.2. The summed E-state index contributed by atoms with van der Waals surface area (Å²) in [7, 11) is -2.19. The molecule has 8 nitrogen and oxygen atoms in total. The third-order valence-corrected chi connectivity index (χ3v) is 9.26. The number of benzene rings is 2. The Morgan fingerprint density at radius 2 is 1.73 bits per heavy atom. The fraction of sp³-hybridized carbons (Fsp3) is 0.500. The van der Waals surface area contributed by atoms with E-state index in [1.165, 1.54) is 22.4 Å². The third-order valence-electron chi connectivity index (χ3n) is 7.03. The topological polar surface area (TPSA) is 96.0 Å². The van der Waals surface area contributed by atoms with Gasteiger partial charge in [0.25, 0.3) is 0 Å². The van der Waals surface area contributed by atoms with Gasteiger partial charge in [-0.05, 0) is 62.1 Å². The van der Waals surface area contributed by atoms with E-state index >= 15 is 0 Å². The zero-order valence-corrected chi connectivity index (χ0v) is 26.0. The maximum absolute atomic E-state index is 13.5. The minimum Gasteiger partial charge on any atom is -0.495 e. The van der Waals surface area contributed by atoms with Crippen molar-refractivity contribution < 1.29 is 22.7 Å². The Balaban J connectivity index is 1.75. The molecule has 0 aliphatic heterocycles. The standard InChI is InChI=1S/C28H36Cl3N3O5S/c1-19(28(36)32-21-8-5-4-6-9-21)33(18-20-11-13-23(29)24(30)16-20)27(35)10-7-15-34(40(3,37)38)22-12-14-26(39-2)25(31)17-22/h11-14,16-17,19,21H,4-10,15,18H2,1-3H3,(H,32,36).